The number of carboxylic acids is 1. The predicted octanol–water partition coefficient (Wildman–Crippen LogP) is -2.67. The Morgan fingerprint density at radius 2 is 1.73 bits per heavy atom. The van der Waals surface area contributed by atoms with Gasteiger partial charge in [-0.15, -0.1) is 0 Å². The number of carbonyl (C=O) groups is 2. The maximum Gasteiger partial charge on any atom is 0.176 e. The number of Topliss-reactive ketones (excluding diaryl/α,β-unsaturated/α-hetero) is 1. The Morgan fingerprint density at radius 1 is 1.33 bits per heavy atom. The van der Waals surface area contributed by atoms with E-state index in [1.165, 1.54) is 6.92 Å². The molecule has 0 aliphatic heterocycles. The van der Waals surface area contributed by atoms with Gasteiger partial charge in [-0.1, -0.05) is 0 Å². The van der Waals surface area contributed by atoms with Crippen molar-refractivity contribution in [1.82, 2.24) is 0 Å². The molecule has 0 aromatic rings. The van der Waals surface area contributed by atoms with Crippen LogP contribution < -0.4 is 5.11 Å². The number of quaternary nitrogens is 1. The van der Waals surface area contributed by atoms with Crippen molar-refractivity contribution in [3.05, 3.63) is 0 Å². The summed E-state index contributed by atoms with van der Waals surface area (Å²) < 4.78 is 0.309. The number of aliphatic carboxylic acids is 1. The van der Waals surface area contributed by atoms with Crippen molar-refractivity contribution >= 4 is 11.8 Å². The van der Waals surface area contributed by atoms with Crippen molar-refractivity contribution < 1.29 is 29.8 Å². The first kappa shape index (κ1) is 16.4. The highest BCUT2D eigenvalue weighted by Crippen LogP contribution is 2.15. The van der Waals surface area contributed by atoms with E-state index in [1.807, 2.05) is 0 Å². The average Bonchev–Trinajstić information content (AvgIpc) is 1.79. The number of ketones is 1. The molecule has 0 saturated carbocycles. The van der Waals surface area contributed by atoms with Gasteiger partial charge in [0.2, 0.25) is 0 Å². The number of carbonyl (C=O) groups excluding carboxylic acids is 2. The smallest absolute Gasteiger partial charge is 0.176 e. The second-order valence-corrected chi connectivity index (χ2v) is 4.58. The summed E-state index contributed by atoms with van der Waals surface area (Å²) in [5.74, 6) is -1.97. The van der Waals surface area contributed by atoms with Gasteiger partial charge in [-0.05, 0) is 6.92 Å². The third-order valence-electron chi connectivity index (χ3n) is 1.83. The molecule has 3 N–H and O–H groups in total. The van der Waals surface area contributed by atoms with Crippen molar-refractivity contribution in [2.45, 2.75) is 18.9 Å². The van der Waals surface area contributed by atoms with Gasteiger partial charge in [0.05, 0.1) is 21.1 Å². The van der Waals surface area contributed by atoms with Crippen LogP contribution in [0.2, 0.25) is 0 Å². The largest absolute Gasteiger partial charge is 0.550 e. The molecule has 0 spiro atoms. The van der Waals surface area contributed by atoms with Gasteiger partial charge in [-0.2, -0.15) is 0 Å². The SMILES string of the molecule is CC(=O)C(O)(CC(=O)[O-])C[N+](C)(C)C.O. The average molecular weight is 221 g/mol. The fourth-order valence-electron chi connectivity index (χ4n) is 1.32. The van der Waals surface area contributed by atoms with Crippen LogP contribution in [-0.4, -0.2) is 60.1 Å². The second-order valence-electron chi connectivity index (χ2n) is 4.58. The standard InChI is InChI=1S/C9H17NO4.H2O/c1-7(11)9(14,5-8(12)13)6-10(2,3)4;/h14H,5-6H2,1-4H3;1H2. The molecular formula is C9H19NO5. The van der Waals surface area contributed by atoms with E-state index in [0.29, 0.717) is 4.48 Å². The first-order chi connectivity index (χ1) is 6.07. The molecule has 0 bridgehead atoms. The van der Waals surface area contributed by atoms with Crippen LogP contribution in [0.5, 0.6) is 0 Å². The summed E-state index contributed by atoms with van der Waals surface area (Å²) in [6.07, 6.45) is -0.655. The highest BCUT2D eigenvalue weighted by atomic mass is 16.4. The topological polar surface area (TPSA) is 109 Å². The molecule has 0 saturated heterocycles. The van der Waals surface area contributed by atoms with Gasteiger partial charge in [-0.25, -0.2) is 0 Å². The van der Waals surface area contributed by atoms with E-state index >= 15 is 0 Å². The number of rotatable bonds is 5. The maximum absolute atomic E-state index is 11.1. The summed E-state index contributed by atoms with van der Waals surface area (Å²) in [5.41, 5.74) is -1.82. The summed E-state index contributed by atoms with van der Waals surface area (Å²) in [7, 11) is 5.30. The van der Waals surface area contributed by atoms with Gasteiger partial charge in [0.25, 0.3) is 0 Å². The molecule has 0 aromatic carbocycles. The lowest BCUT2D eigenvalue weighted by atomic mass is 9.94. The first-order valence-corrected chi connectivity index (χ1v) is 4.30. The molecule has 1 atom stereocenters. The van der Waals surface area contributed by atoms with E-state index in [2.05, 4.69) is 0 Å². The van der Waals surface area contributed by atoms with Gasteiger partial charge in [0.1, 0.15) is 6.54 Å². The summed E-state index contributed by atoms with van der Waals surface area (Å²) in [6.45, 7) is 1.23. The molecule has 0 aromatic heterocycles. The van der Waals surface area contributed by atoms with Crippen molar-refractivity contribution in [3.8, 4) is 0 Å². The lowest BCUT2D eigenvalue weighted by Gasteiger charge is -2.34. The van der Waals surface area contributed by atoms with Crippen molar-refractivity contribution in [2.75, 3.05) is 27.7 Å². The molecule has 0 rings (SSSR count). The Kier molecular flexibility index (Phi) is 5.70. The zero-order valence-corrected chi connectivity index (χ0v) is 9.53. The van der Waals surface area contributed by atoms with Crippen molar-refractivity contribution in [3.63, 3.8) is 0 Å². The van der Waals surface area contributed by atoms with Gasteiger partial charge in [-0.3, -0.25) is 4.79 Å². The number of likely N-dealkylation sites (N-methyl/N-ethyl adjacent to an activating group) is 1. The van der Waals surface area contributed by atoms with Gasteiger partial charge in [0.15, 0.2) is 11.4 Å². The van der Waals surface area contributed by atoms with Crippen molar-refractivity contribution in [2.24, 2.45) is 0 Å². The molecule has 0 aliphatic carbocycles. The molecule has 1 unspecified atom stereocenters. The summed E-state index contributed by atoms with van der Waals surface area (Å²) in [5, 5.41) is 20.2. The minimum absolute atomic E-state index is 0. The van der Waals surface area contributed by atoms with Crippen LogP contribution in [-0.2, 0) is 9.59 Å². The third kappa shape index (κ3) is 6.16. The summed E-state index contributed by atoms with van der Waals surface area (Å²) >= 11 is 0. The lowest BCUT2D eigenvalue weighted by Crippen LogP contribution is -2.55. The normalized spacial score (nSPS) is 15.0. The van der Waals surface area contributed by atoms with E-state index < -0.39 is 23.8 Å². The van der Waals surface area contributed by atoms with Crippen LogP contribution in [0, 0.1) is 0 Å². The van der Waals surface area contributed by atoms with Crippen LogP contribution in [0.1, 0.15) is 13.3 Å². The molecular weight excluding hydrogens is 202 g/mol. The Labute approximate surface area is 89.0 Å². The maximum atomic E-state index is 11.1. The highest BCUT2D eigenvalue weighted by molar-refractivity contribution is 5.88. The fraction of sp³-hybridized carbons (Fsp3) is 0.778. The van der Waals surface area contributed by atoms with E-state index in [4.69, 9.17) is 0 Å². The highest BCUT2D eigenvalue weighted by Gasteiger charge is 2.38. The minimum Gasteiger partial charge on any atom is -0.550 e. The molecule has 6 heteroatoms. The van der Waals surface area contributed by atoms with E-state index in [-0.39, 0.29) is 12.0 Å². The van der Waals surface area contributed by atoms with Crippen LogP contribution in [0.25, 0.3) is 0 Å². The lowest BCUT2D eigenvalue weighted by molar-refractivity contribution is -0.875. The Morgan fingerprint density at radius 3 is 1.93 bits per heavy atom. The Bertz CT molecular complexity index is 245. The van der Waals surface area contributed by atoms with Gasteiger partial charge >= 0.3 is 0 Å². The number of hydrogen-bond acceptors (Lipinski definition) is 4. The molecule has 0 aliphatic rings. The second kappa shape index (κ2) is 5.20. The Balaban J connectivity index is 0. The third-order valence-corrected chi connectivity index (χ3v) is 1.83. The molecule has 0 heterocycles. The minimum atomic E-state index is -1.82. The zero-order valence-electron chi connectivity index (χ0n) is 9.53. The molecule has 15 heavy (non-hydrogen) atoms. The zero-order chi connectivity index (χ0) is 11.6. The van der Waals surface area contributed by atoms with Crippen LogP contribution in [0.3, 0.4) is 0 Å². The van der Waals surface area contributed by atoms with Gasteiger partial charge in [0, 0.05) is 12.4 Å². The fourth-order valence-corrected chi connectivity index (χ4v) is 1.32. The first-order valence-electron chi connectivity index (χ1n) is 4.30. The van der Waals surface area contributed by atoms with E-state index in [9.17, 15) is 19.8 Å². The van der Waals surface area contributed by atoms with E-state index in [1.54, 1.807) is 21.1 Å². The van der Waals surface area contributed by atoms with Crippen LogP contribution in [0.15, 0.2) is 0 Å². The molecule has 6 nitrogen and oxygen atoms in total. The summed E-state index contributed by atoms with van der Waals surface area (Å²) in [6, 6.07) is 0. The molecule has 0 amide bonds. The quantitative estimate of drug-likeness (QED) is 0.510. The number of carboxylic acid groups (broad SMARTS) is 1. The van der Waals surface area contributed by atoms with Crippen molar-refractivity contribution in [1.29, 1.82) is 0 Å². The summed E-state index contributed by atoms with van der Waals surface area (Å²) in [4.78, 5) is 21.5. The Hall–Kier alpha value is -0.980. The molecule has 0 radical (unpaired) electrons. The molecule has 0 fully saturated rings. The number of nitrogens with zero attached hydrogens (tertiary/aromatic N) is 1. The number of aliphatic hydroxyl groups is 1. The predicted molar refractivity (Wildman–Crippen MR) is 51.8 cm³/mol. The monoisotopic (exact) mass is 221 g/mol. The molecule has 90 valence electrons. The number of hydrogen-bond donors (Lipinski definition) is 1. The van der Waals surface area contributed by atoms with E-state index in [0.717, 1.165) is 0 Å². The van der Waals surface area contributed by atoms with Gasteiger partial charge < -0.3 is 25.0 Å². The van der Waals surface area contributed by atoms with Crippen LogP contribution >= 0.6 is 0 Å². The van der Waals surface area contributed by atoms with Crippen LogP contribution in [0.4, 0.5) is 0 Å².